The summed E-state index contributed by atoms with van der Waals surface area (Å²) in [5.74, 6) is 0.176. The Morgan fingerprint density at radius 2 is 1.73 bits per heavy atom. The summed E-state index contributed by atoms with van der Waals surface area (Å²) in [6.07, 6.45) is 6.41. The molecule has 3 aliphatic rings. The topological polar surface area (TPSA) is 87.2 Å². The minimum Gasteiger partial charge on any atom is -0.468 e. The number of rotatable bonds is 4. The standard InChI is InChI=1S/C17H29N3O5S/c1-25-17(22)15-11-13-5-3-4-6-14(13)20(15)12-16(21)18-7-9-19(10-8-18)26(2,23)24/h13-15H,3-12H2,1-2H3. The Bertz CT molecular complexity index is 645. The van der Waals surface area contributed by atoms with Gasteiger partial charge in [-0.1, -0.05) is 12.8 Å². The predicted molar refractivity (Wildman–Crippen MR) is 95.9 cm³/mol. The van der Waals surface area contributed by atoms with Gasteiger partial charge in [-0.25, -0.2) is 8.42 Å². The number of methoxy groups -OCH3 is 1. The summed E-state index contributed by atoms with van der Waals surface area (Å²) in [5.41, 5.74) is 0. The quantitative estimate of drug-likeness (QED) is 0.626. The number of piperazine rings is 1. The summed E-state index contributed by atoms with van der Waals surface area (Å²) in [6.45, 7) is 1.67. The first kappa shape index (κ1) is 19.6. The Balaban J connectivity index is 1.64. The minimum absolute atomic E-state index is 0.0294. The van der Waals surface area contributed by atoms with Crippen molar-refractivity contribution in [3.05, 3.63) is 0 Å². The molecule has 0 aromatic carbocycles. The number of ether oxygens (including phenoxy) is 1. The Hall–Kier alpha value is -1.19. The number of carbonyl (C=O) groups excluding carboxylic acids is 2. The zero-order valence-corrected chi connectivity index (χ0v) is 16.4. The van der Waals surface area contributed by atoms with Crippen molar-refractivity contribution in [1.82, 2.24) is 14.1 Å². The van der Waals surface area contributed by atoms with Gasteiger partial charge in [0.1, 0.15) is 6.04 Å². The molecule has 0 N–H and O–H groups in total. The molecule has 9 heteroatoms. The molecule has 3 atom stereocenters. The van der Waals surface area contributed by atoms with Crippen molar-refractivity contribution in [2.75, 3.05) is 46.1 Å². The van der Waals surface area contributed by atoms with E-state index in [9.17, 15) is 18.0 Å². The second-order valence-corrected chi connectivity index (χ2v) is 9.58. The van der Waals surface area contributed by atoms with E-state index < -0.39 is 10.0 Å². The first-order valence-corrected chi connectivity index (χ1v) is 11.2. The highest BCUT2D eigenvalue weighted by Crippen LogP contribution is 2.39. The van der Waals surface area contributed by atoms with E-state index in [0.717, 1.165) is 25.7 Å². The SMILES string of the molecule is COC(=O)C1CC2CCCCC2N1CC(=O)N1CCN(S(C)(=O)=O)CC1. The molecule has 26 heavy (non-hydrogen) atoms. The van der Waals surface area contributed by atoms with Gasteiger partial charge in [0, 0.05) is 32.2 Å². The maximum absolute atomic E-state index is 12.8. The molecule has 2 aliphatic heterocycles. The lowest BCUT2D eigenvalue weighted by Crippen LogP contribution is -2.54. The summed E-state index contributed by atoms with van der Waals surface area (Å²) in [5, 5.41) is 0. The average molecular weight is 388 g/mol. The Labute approximate surface area is 155 Å². The Kier molecular flexibility index (Phi) is 5.88. The van der Waals surface area contributed by atoms with Crippen LogP contribution < -0.4 is 0 Å². The third-order valence-electron chi connectivity index (χ3n) is 6.07. The number of sulfonamides is 1. The molecule has 148 valence electrons. The molecule has 0 aromatic heterocycles. The van der Waals surface area contributed by atoms with Crippen LogP contribution in [0.15, 0.2) is 0 Å². The Morgan fingerprint density at radius 3 is 2.35 bits per heavy atom. The minimum atomic E-state index is -3.21. The highest BCUT2D eigenvalue weighted by Gasteiger charge is 2.46. The van der Waals surface area contributed by atoms with Gasteiger partial charge in [-0.2, -0.15) is 4.31 Å². The van der Waals surface area contributed by atoms with Crippen molar-refractivity contribution in [2.24, 2.45) is 5.92 Å². The third kappa shape index (κ3) is 4.04. The lowest BCUT2D eigenvalue weighted by Gasteiger charge is -2.37. The van der Waals surface area contributed by atoms with Crippen molar-refractivity contribution in [2.45, 2.75) is 44.2 Å². The number of amides is 1. The van der Waals surface area contributed by atoms with Gasteiger partial charge in [0.05, 0.1) is 19.9 Å². The van der Waals surface area contributed by atoms with Gasteiger partial charge >= 0.3 is 5.97 Å². The van der Waals surface area contributed by atoms with Gasteiger partial charge in [0.15, 0.2) is 0 Å². The first-order valence-electron chi connectivity index (χ1n) is 9.37. The highest BCUT2D eigenvalue weighted by molar-refractivity contribution is 7.88. The van der Waals surface area contributed by atoms with Gasteiger partial charge in [-0.3, -0.25) is 14.5 Å². The van der Waals surface area contributed by atoms with Crippen molar-refractivity contribution >= 4 is 21.9 Å². The molecule has 3 rings (SSSR count). The monoisotopic (exact) mass is 387 g/mol. The zero-order chi connectivity index (χ0) is 18.9. The van der Waals surface area contributed by atoms with E-state index in [2.05, 4.69) is 0 Å². The van der Waals surface area contributed by atoms with Gasteiger partial charge in [0.25, 0.3) is 0 Å². The number of carbonyl (C=O) groups is 2. The molecule has 0 aromatic rings. The van der Waals surface area contributed by atoms with Crippen LogP contribution in [0, 0.1) is 5.92 Å². The highest BCUT2D eigenvalue weighted by atomic mass is 32.2. The molecule has 1 saturated carbocycles. The largest absolute Gasteiger partial charge is 0.468 e. The molecule has 8 nitrogen and oxygen atoms in total. The summed E-state index contributed by atoms with van der Waals surface area (Å²) in [6, 6.07) is -0.0662. The molecule has 0 radical (unpaired) electrons. The average Bonchev–Trinajstić information content (AvgIpc) is 2.99. The normalized spacial score (nSPS) is 30.8. The van der Waals surface area contributed by atoms with Crippen molar-refractivity contribution in [3.8, 4) is 0 Å². The van der Waals surface area contributed by atoms with Crippen molar-refractivity contribution in [1.29, 1.82) is 0 Å². The van der Waals surface area contributed by atoms with Crippen LogP contribution in [0.5, 0.6) is 0 Å². The van der Waals surface area contributed by atoms with Crippen LogP contribution in [-0.2, 0) is 24.3 Å². The maximum Gasteiger partial charge on any atom is 0.323 e. The van der Waals surface area contributed by atoms with E-state index in [1.165, 1.54) is 24.1 Å². The summed E-state index contributed by atoms with van der Waals surface area (Å²) in [4.78, 5) is 28.8. The van der Waals surface area contributed by atoms with E-state index in [4.69, 9.17) is 4.74 Å². The number of fused-ring (bicyclic) bond motifs is 1. The smallest absolute Gasteiger partial charge is 0.323 e. The fraction of sp³-hybridized carbons (Fsp3) is 0.882. The third-order valence-corrected chi connectivity index (χ3v) is 7.38. The second kappa shape index (κ2) is 7.82. The maximum atomic E-state index is 12.8. The molecule has 0 bridgehead atoms. The van der Waals surface area contributed by atoms with Crippen LogP contribution in [0.3, 0.4) is 0 Å². The summed E-state index contributed by atoms with van der Waals surface area (Å²) >= 11 is 0. The van der Waals surface area contributed by atoms with E-state index in [0.29, 0.717) is 32.1 Å². The summed E-state index contributed by atoms with van der Waals surface area (Å²) in [7, 11) is -1.82. The lowest BCUT2D eigenvalue weighted by molar-refractivity contribution is -0.147. The van der Waals surface area contributed by atoms with E-state index >= 15 is 0 Å². The van der Waals surface area contributed by atoms with Gasteiger partial charge in [-0.05, 0) is 25.2 Å². The molecule has 1 aliphatic carbocycles. The fourth-order valence-corrected chi connectivity index (χ4v) is 5.50. The van der Waals surface area contributed by atoms with Crippen LogP contribution >= 0.6 is 0 Å². The van der Waals surface area contributed by atoms with Gasteiger partial charge < -0.3 is 9.64 Å². The van der Waals surface area contributed by atoms with Crippen molar-refractivity contribution in [3.63, 3.8) is 0 Å². The number of nitrogens with zero attached hydrogens (tertiary/aromatic N) is 3. The number of hydrogen-bond donors (Lipinski definition) is 0. The van der Waals surface area contributed by atoms with Gasteiger partial charge in [-0.15, -0.1) is 0 Å². The molecule has 1 amide bonds. The molecule has 3 unspecified atom stereocenters. The van der Waals surface area contributed by atoms with E-state index in [1.54, 1.807) is 4.90 Å². The second-order valence-electron chi connectivity index (χ2n) is 7.60. The molecule has 3 fully saturated rings. The first-order chi connectivity index (χ1) is 12.3. The van der Waals surface area contributed by atoms with E-state index in [1.807, 2.05) is 4.90 Å². The van der Waals surface area contributed by atoms with Crippen LogP contribution in [0.2, 0.25) is 0 Å². The molecular formula is C17H29N3O5S. The molecule has 2 saturated heterocycles. The molecule has 2 heterocycles. The molecular weight excluding hydrogens is 358 g/mol. The van der Waals surface area contributed by atoms with Gasteiger partial charge in [0.2, 0.25) is 15.9 Å². The fourth-order valence-electron chi connectivity index (χ4n) is 4.67. The lowest BCUT2D eigenvalue weighted by atomic mass is 9.85. The van der Waals surface area contributed by atoms with Crippen molar-refractivity contribution < 1.29 is 22.7 Å². The summed E-state index contributed by atoms with van der Waals surface area (Å²) < 4.78 is 29.6. The van der Waals surface area contributed by atoms with E-state index in [-0.39, 0.29) is 30.5 Å². The molecule has 0 spiro atoms. The predicted octanol–water partition coefficient (Wildman–Crippen LogP) is -0.104. The number of esters is 1. The van der Waals surface area contributed by atoms with Crippen LogP contribution in [0.4, 0.5) is 0 Å². The van der Waals surface area contributed by atoms with Crippen LogP contribution in [0.25, 0.3) is 0 Å². The van der Waals surface area contributed by atoms with Crippen LogP contribution in [-0.4, -0.2) is 92.6 Å². The Morgan fingerprint density at radius 1 is 1.08 bits per heavy atom. The number of hydrogen-bond acceptors (Lipinski definition) is 6. The zero-order valence-electron chi connectivity index (χ0n) is 15.6. The number of likely N-dealkylation sites (tertiary alicyclic amines) is 1. The van der Waals surface area contributed by atoms with Crippen LogP contribution in [0.1, 0.15) is 32.1 Å².